The molecule has 1 N–H and O–H groups in total. The molecule has 0 saturated carbocycles. The summed E-state index contributed by atoms with van der Waals surface area (Å²) in [6.07, 6.45) is 5.92. The molecule has 0 unspecified atom stereocenters. The van der Waals surface area contributed by atoms with Gasteiger partial charge in [-0.25, -0.2) is 4.39 Å². The number of benzene rings is 1. The maximum Gasteiger partial charge on any atom is 0.241 e. The van der Waals surface area contributed by atoms with Crippen molar-refractivity contribution in [1.29, 1.82) is 0 Å². The molecule has 0 radical (unpaired) electrons. The number of nitrogens with zero attached hydrogens (tertiary/aromatic N) is 1. The molecule has 1 fully saturated rings. The number of nitrogens with one attached hydrogen (secondary N) is 1. The standard InChI is InChI=1S/C16H23FN2O/c1-13-11-14(17)7-8-15(13)18-12-16(20)19-9-5-3-2-4-6-10-19/h7-8,11,18H,2-6,9-10,12H2,1H3. The number of hydrogen-bond acceptors (Lipinski definition) is 2. The summed E-state index contributed by atoms with van der Waals surface area (Å²) >= 11 is 0. The number of rotatable bonds is 3. The molecule has 1 heterocycles. The Kier molecular flexibility index (Phi) is 5.39. The lowest BCUT2D eigenvalue weighted by Crippen LogP contribution is -2.37. The number of carbonyl (C=O) groups excluding carboxylic acids is 1. The van der Waals surface area contributed by atoms with Crippen LogP contribution in [0.25, 0.3) is 0 Å². The summed E-state index contributed by atoms with van der Waals surface area (Å²) in [4.78, 5) is 14.2. The van der Waals surface area contributed by atoms with E-state index in [0.29, 0.717) is 0 Å². The fourth-order valence-corrected chi connectivity index (χ4v) is 2.60. The summed E-state index contributed by atoms with van der Waals surface area (Å²) in [7, 11) is 0. The Morgan fingerprint density at radius 3 is 2.50 bits per heavy atom. The van der Waals surface area contributed by atoms with E-state index in [0.717, 1.165) is 37.2 Å². The molecule has 0 bridgehead atoms. The average molecular weight is 278 g/mol. The zero-order valence-corrected chi connectivity index (χ0v) is 12.1. The van der Waals surface area contributed by atoms with Gasteiger partial charge >= 0.3 is 0 Å². The highest BCUT2D eigenvalue weighted by Crippen LogP contribution is 2.16. The van der Waals surface area contributed by atoms with E-state index >= 15 is 0 Å². The molecule has 1 amide bonds. The molecule has 0 aliphatic carbocycles. The third-order valence-electron chi connectivity index (χ3n) is 3.83. The van der Waals surface area contributed by atoms with Gasteiger partial charge in [-0.3, -0.25) is 4.79 Å². The summed E-state index contributed by atoms with van der Waals surface area (Å²) in [5.41, 5.74) is 1.65. The molecule has 110 valence electrons. The molecule has 3 nitrogen and oxygen atoms in total. The highest BCUT2D eigenvalue weighted by Gasteiger charge is 2.14. The fourth-order valence-electron chi connectivity index (χ4n) is 2.60. The van der Waals surface area contributed by atoms with Gasteiger partial charge in [0.05, 0.1) is 6.54 Å². The third kappa shape index (κ3) is 4.22. The van der Waals surface area contributed by atoms with Crippen LogP contribution in [-0.4, -0.2) is 30.4 Å². The van der Waals surface area contributed by atoms with Crippen LogP contribution in [0.2, 0.25) is 0 Å². The molecule has 0 spiro atoms. The van der Waals surface area contributed by atoms with Gasteiger partial charge in [0.2, 0.25) is 5.91 Å². The van der Waals surface area contributed by atoms with Gasteiger partial charge in [-0.15, -0.1) is 0 Å². The third-order valence-corrected chi connectivity index (χ3v) is 3.83. The summed E-state index contributed by atoms with van der Waals surface area (Å²) in [6.45, 7) is 3.85. The van der Waals surface area contributed by atoms with E-state index in [9.17, 15) is 9.18 Å². The Morgan fingerprint density at radius 2 is 1.85 bits per heavy atom. The van der Waals surface area contributed by atoms with Crippen molar-refractivity contribution in [3.63, 3.8) is 0 Å². The van der Waals surface area contributed by atoms with Gasteiger partial charge in [0.25, 0.3) is 0 Å². The normalized spacial score (nSPS) is 16.4. The van der Waals surface area contributed by atoms with Crippen molar-refractivity contribution < 1.29 is 9.18 Å². The number of hydrogen-bond donors (Lipinski definition) is 1. The second-order valence-corrected chi connectivity index (χ2v) is 5.46. The molecular weight excluding hydrogens is 255 g/mol. The first-order valence-electron chi connectivity index (χ1n) is 7.44. The maximum absolute atomic E-state index is 13.0. The van der Waals surface area contributed by atoms with E-state index in [2.05, 4.69) is 5.32 Å². The summed E-state index contributed by atoms with van der Waals surface area (Å²) < 4.78 is 13.0. The Balaban J connectivity index is 1.87. The Morgan fingerprint density at radius 1 is 1.20 bits per heavy atom. The number of likely N-dealkylation sites (tertiary alicyclic amines) is 1. The van der Waals surface area contributed by atoms with Gasteiger partial charge in [-0.05, 0) is 43.5 Å². The summed E-state index contributed by atoms with van der Waals surface area (Å²) in [5.74, 6) is -0.112. The molecule has 1 aliphatic rings. The van der Waals surface area contributed by atoms with Crippen LogP contribution in [0, 0.1) is 12.7 Å². The molecule has 2 rings (SSSR count). The molecule has 20 heavy (non-hydrogen) atoms. The fraction of sp³-hybridized carbons (Fsp3) is 0.562. The average Bonchev–Trinajstić information content (AvgIpc) is 2.37. The molecule has 1 aliphatic heterocycles. The summed E-state index contributed by atoms with van der Waals surface area (Å²) in [6, 6.07) is 4.57. The molecule has 1 aromatic carbocycles. The number of aryl methyl sites for hydroxylation is 1. The van der Waals surface area contributed by atoms with Crippen molar-refractivity contribution in [1.82, 2.24) is 4.90 Å². The van der Waals surface area contributed by atoms with Gasteiger partial charge in [0, 0.05) is 18.8 Å². The quantitative estimate of drug-likeness (QED) is 0.919. The molecule has 4 heteroatoms. The Hall–Kier alpha value is -1.58. The van der Waals surface area contributed by atoms with E-state index in [-0.39, 0.29) is 18.3 Å². The zero-order chi connectivity index (χ0) is 14.4. The van der Waals surface area contributed by atoms with Gasteiger partial charge < -0.3 is 10.2 Å². The topological polar surface area (TPSA) is 32.3 Å². The van der Waals surface area contributed by atoms with Crippen LogP contribution < -0.4 is 5.32 Å². The largest absolute Gasteiger partial charge is 0.376 e. The van der Waals surface area contributed by atoms with Gasteiger partial charge in [0.15, 0.2) is 0 Å². The molecule has 0 aromatic heterocycles. The van der Waals surface area contributed by atoms with Crippen LogP contribution in [0.4, 0.5) is 10.1 Å². The monoisotopic (exact) mass is 278 g/mol. The van der Waals surface area contributed by atoms with Crippen LogP contribution >= 0.6 is 0 Å². The minimum atomic E-state index is -0.247. The Labute approximate surface area is 120 Å². The van der Waals surface area contributed by atoms with E-state index in [1.54, 1.807) is 6.07 Å². The molecule has 1 saturated heterocycles. The summed E-state index contributed by atoms with van der Waals surface area (Å²) in [5, 5.41) is 3.12. The van der Waals surface area contributed by atoms with Crippen molar-refractivity contribution in [2.45, 2.75) is 39.0 Å². The molecular formula is C16H23FN2O. The smallest absolute Gasteiger partial charge is 0.241 e. The maximum atomic E-state index is 13.0. The molecule has 0 atom stereocenters. The molecule has 1 aromatic rings. The van der Waals surface area contributed by atoms with Crippen molar-refractivity contribution in [2.75, 3.05) is 25.0 Å². The van der Waals surface area contributed by atoms with Crippen molar-refractivity contribution in [3.8, 4) is 0 Å². The van der Waals surface area contributed by atoms with Gasteiger partial charge in [-0.2, -0.15) is 0 Å². The lowest BCUT2D eigenvalue weighted by Gasteiger charge is -2.25. The number of carbonyl (C=O) groups is 1. The first kappa shape index (κ1) is 14.8. The lowest BCUT2D eigenvalue weighted by molar-refractivity contribution is -0.129. The van der Waals surface area contributed by atoms with E-state index < -0.39 is 0 Å². The minimum absolute atomic E-state index is 0.135. The van der Waals surface area contributed by atoms with Gasteiger partial charge in [0.1, 0.15) is 5.82 Å². The van der Waals surface area contributed by atoms with Crippen molar-refractivity contribution in [2.24, 2.45) is 0 Å². The number of halogens is 1. The second kappa shape index (κ2) is 7.27. The first-order valence-corrected chi connectivity index (χ1v) is 7.44. The second-order valence-electron chi connectivity index (χ2n) is 5.46. The number of anilines is 1. The van der Waals surface area contributed by atoms with Crippen LogP contribution in [0.15, 0.2) is 18.2 Å². The van der Waals surface area contributed by atoms with Gasteiger partial charge in [-0.1, -0.05) is 19.3 Å². The van der Waals surface area contributed by atoms with E-state index in [1.165, 1.54) is 31.4 Å². The first-order chi connectivity index (χ1) is 9.66. The van der Waals surface area contributed by atoms with Crippen LogP contribution in [-0.2, 0) is 4.79 Å². The number of amides is 1. The Bertz CT molecular complexity index is 454. The predicted octanol–water partition coefficient (Wildman–Crippen LogP) is 3.34. The van der Waals surface area contributed by atoms with E-state index in [4.69, 9.17) is 0 Å². The predicted molar refractivity (Wildman–Crippen MR) is 79.3 cm³/mol. The van der Waals surface area contributed by atoms with Crippen LogP contribution in [0.1, 0.15) is 37.7 Å². The lowest BCUT2D eigenvalue weighted by atomic mass is 10.1. The van der Waals surface area contributed by atoms with Crippen LogP contribution in [0.5, 0.6) is 0 Å². The zero-order valence-electron chi connectivity index (χ0n) is 12.1. The van der Waals surface area contributed by atoms with Crippen molar-refractivity contribution >= 4 is 11.6 Å². The minimum Gasteiger partial charge on any atom is -0.376 e. The SMILES string of the molecule is Cc1cc(F)ccc1NCC(=O)N1CCCCCCC1. The highest BCUT2D eigenvalue weighted by molar-refractivity contribution is 5.81. The van der Waals surface area contributed by atoms with Crippen molar-refractivity contribution in [3.05, 3.63) is 29.6 Å². The highest BCUT2D eigenvalue weighted by atomic mass is 19.1. The van der Waals surface area contributed by atoms with Crippen LogP contribution in [0.3, 0.4) is 0 Å². The van der Waals surface area contributed by atoms with E-state index in [1.807, 2.05) is 11.8 Å².